The van der Waals surface area contributed by atoms with E-state index in [0.29, 0.717) is 11.5 Å². The molecule has 6 nitrogen and oxygen atoms in total. The third-order valence-electron chi connectivity index (χ3n) is 4.71. The zero-order chi connectivity index (χ0) is 23.0. The van der Waals surface area contributed by atoms with E-state index in [4.69, 9.17) is 9.47 Å². The van der Waals surface area contributed by atoms with Gasteiger partial charge in [0.05, 0.1) is 20.6 Å². The summed E-state index contributed by atoms with van der Waals surface area (Å²) in [5.41, 5.74) is 3.54. The summed E-state index contributed by atoms with van der Waals surface area (Å²) < 4.78 is 10.8. The van der Waals surface area contributed by atoms with E-state index in [1.807, 2.05) is 74.4 Å². The number of allylic oxidation sites excluding steroid dienone is 2. The molecule has 0 atom stereocenters. The zero-order valence-electron chi connectivity index (χ0n) is 19.0. The van der Waals surface area contributed by atoms with E-state index in [9.17, 15) is 9.59 Å². The summed E-state index contributed by atoms with van der Waals surface area (Å²) in [6, 6.07) is 11.4. The van der Waals surface area contributed by atoms with Crippen LogP contribution in [0.4, 0.5) is 11.4 Å². The first-order valence-electron chi connectivity index (χ1n) is 9.87. The Balaban J connectivity index is 2.04. The van der Waals surface area contributed by atoms with Crippen LogP contribution in [0, 0.1) is 0 Å². The SMILES string of the molecule is COc1cc(N(C)C)ccc1C=CC(=O)CC(=O)C=Cc1ccc(N(C)C)cc1OC. The highest BCUT2D eigenvalue weighted by atomic mass is 16.5. The number of nitrogens with zero attached hydrogens (tertiary/aromatic N) is 2. The quantitative estimate of drug-likeness (QED) is 0.425. The van der Waals surface area contributed by atoms with Crippen LogP contribution >= 0.6 is 0 Å². The molecule has 0 amide bonds. The van der Waals surface area contributed by atoms with Crippen LogP contribution in [0.5, 0.6) is 11.5 Å². The van der Waals surface area contributed by atoms with Gasteiger partial charge in [-0.3, -0.25) is 9.59 Å². The fourth-order valence-electron chi connectivity index (χ4n) is 2.89. The van der Waals surface area contributed by atoms with Crippen molar-refractivity contribution >= 4 is 35.1 Å². The van der Waals surface area contributed by atoms with Gasteiger partial charge in [-0.25, -0.2) is 0 Å². The molecule has 0 aromatic heterocycles. The first-order valence-corrected chi connectivity index (χ1v) is 9.87. The van der Waals surface area contributed by atoms with E-state index in [1.54, 1.807) is 26.4 Å². The second-order valence-corrected chi connectivity index (χ2v) is 7.42. The summed E-state index contributed by atoms with van der Waals surface area (Å²) in [5, 5.41) is 0. The van der Waals surface area contributed by atoms with Gasteiger partial charge < -0.3 is 19.3 Å². The summed E-state index contributed by atoms with van der Waals surface area (Å²) in [4.78, 5) is 28.4. The minimum absolute atomic E-state index is 0.205. The molecule has 0 spiro atoms. The number of methoxy groups -OCH3 is 2. The number of benzene rings is 2. The second-order valence-electron chi connectivity index (χ2n) is 7.42. The average Bonchev–Trinajstić information content (AvgIpc) is 2.75. The molecule has 0 saturated carbocycles. The zero-order valence-corrected chi connectivity index (χ0v) is 19.0. The highest BCUT2D eigenvalue weighted by Crippen LogP contribution is 2.27. The number of hydrogen-bond acceptors (Lipinski definition) is 6. The monoisotopic (exact) mass is 422 g/mol. The van der Waals surface area contributed by atoms with Gasteiger partial charge in [-0.1, -0.05) is 0 Å². The van der Waals surface area contributed by atoms with Gasteiger partial charge in [0.15, 0.2) is 11.6 Å². The Morgan fingerprint density at radius 1 is 0.742 bits per heavy atom. The third-order valence-corrected chi connectivity index (χ3v) is 4.71. The lowest BCUT2D eigenvalue weighted by atomic mass is 10.1. The maximum Gasteiger partial charge on any atom is 0.163 e. The van der Waals surface area contributed by atoms with Crippen molar-refractivity contribution in [2.75, 3.05) is 52.2 Å². The number of carbonyl (C=O) groups excluding carboxylic acids is 2. The lowest BCUT2D eigenvalue weighted by molar-refractivity contribution is -0.121. The minimum atomic E-state index is -0.275. The molecule has 0 bridgehead atoms. The molecular weight excluding hydrogens is 392 g/mol. The van der Waals surface area contributed by atoms with E-state index in [0.717, 1.165) is 22.5 Å². The van der Waals surface area contributed by atoms with E-state index < -0.39 is 0 Å². The van der Waals surface area contributed by atoms with Gasteiger partial charge in [0.2, 0.25) is 0 Å². The molecule has 0 aliphatic heterocycles. The normalized spacial score (nSPS) is 11.0. The molecule has 0 heterocycles. The summed E-state index contributed by atoms with van der Waals surface area (Å²) >= 11 is 0. The van der Waals surface area contributed by atoms with E-state index in [-0.39, 0.29) is 18.0 Å². The minimum Gasteiger partial charge on any atom is -0.496 e. The van der Waals surface area contributed by atoms with Crippen molar-refractivity contribution < 1.29 is 19.1 Å². The molecule has 0 saturated heterocycles. The van der Waals surface area contributed by atoms with Gasteiger partial charge in [-0.05, 0) is 48.6 Å². The Labute approximate surface area is 184 Å². The number of carbonyl (C=O) groups is 2. The number of ketones is 2. The Kier molecular flexibility index (Phi) is 8.43. The Morgan fingerprint density at radius 2 is 1.13 bits per heavy atom. The van der Waals surface area contributed by atoms with Gasteiger partial charge in [0.1, 0.15) is 11.5 Å². The largest absolute Gasteiger partial charge is 0.496 e. The third kappa shape index (κ3) is 6.74. The van der Waals surface area contributed by atoms with Crippen molar-refractivity contribution in [2.24, 2.45) is 0 Å². The van der Waals surface area contributed by atoms with Crippen molar-refractivity contribution in [3.63, 3.8) is 0 Å². The second kappa shape index (κ2) is 11.0. The molecule has 2 aromatic carbocycles. The van der Waals surface area contributed by atoms with Crippen molar-refractivity contribution in [1.82, 2.24) is 0 Å². The van der Waals surface area contributed by atoms with Crippen LogP contribution in [0.15, 0.2) is 48.6 Å². The first kappa shape index (κ1) is 23.7. The highest BCUT2D eigenvalue weighted by Gasteiger charge is 2.08. The molecule has 2 aromatic rings. The maximum absolute atomic E-state index is 12.2. The summed E-state index contributed by atoms with van der Waals surface area (Å²) in [5.74, 6) is 0.774. The standard InChI is InChI=1S/C25H30N2O4/c1-26(2)20-11-7-18(24(15-20)30-5)9-13-22(28)17-23(29)14-10-19-8-12-21(27(3)4)16-25(19)31-6/h7-16H,17H2,1-6H3. The van der Waals surface area contributed by atoms with Crippen molar-refractivity contribution in [3.05, 3.63) is 59.7 Å². The molecule has 6 heteroatoms. The van der Waals surface area contributed by atoms with E-state index in [1.165, 1.54) is 12.2 Å². The fourth-order valence-corrected chi connectivity index (χ4v) is 2.89. The van der Waals surface area contributed by atoms with Crippen LogP contribution < -0.4 is 19.3 Å². The van der Waals surface area contributed by atoms with Gasteiger partial charge in [0, 0.05) is 62.8 Å². The smallest absolute Gasteiger partial charge is 0.163 e. The number of hydrogen-bond donors (Lipinski definition) is 0. The molecule has 31 heavy (non-hydrogen) atoms. The van der Waals surface area contributed by atoms with Gasteiger partial charge in [0.25, 0.3) is 0 Å². The molecule has 164 valence electrons. The maximum atomic E-state index is 12.2. The number of rotatable bonds is 10. The van der Waals surface area contributed by atoms with E-state index in [2.05, 4.69) is 0 Å². The fraction of sp³-hybridized carbons (Fsp3) is 0.280. The molecule has 0 unspecified atom stereocenters. The van der Waals surface area contributed by atoms with Crippen molar-refractivity contribution in [2.45, 2.75) is 6.42 Å². The predicted octanol–water partition coefficient (Wildman–Crippen LogP) is 4.09. The molecule has 0 radical (unpaired) electrons. The summed E-state index contributed by atoms with van der Waals surface area (Å²) in [7, 11) is 10.9. The van der Waals surface area contributed by atoms with E-state index >= 15 is 0 Å². The lowest BCUT2D eigenvalue weighted by Crippen LogP contribution is -2.08. The van der Waals surface area contributed by atoms with Gasteiger partial charge in [-0.15, -0.1) is 0 Å². The van der Waals surface area contributed by atoms with Crippen LogP contribution in [0.1, 0.15) is 17.5 Å². The molecular formula is C25H30N2O4. The average molecular weight is 423 g/mol. The lowest BCUT2D eigenvalue weighted by Gasteiger charge is -2.14. The van der Waals surface area contributed by atoms with Crippen LogP contribution in [0.3, 0.4) is 0 Å². The Hall–Kier alpha value is -3.54. The summed E-state index contributed by atoms with van der Waals surface area (Å²) in [6.07, 6.45) is 5.95. The first-order chi connectivity index (χ1) is 14.7. The van der Waals surface area contributed by atoms with Crippen molar-refractivity contribution in [1.29, 1.82) is 0 Å². The highest BCUT2D eigenvalue weighted by molar-refractivity contribution is 6.11. The number of anilines is 2. The van der Waals surface area contributed by atoms with Crippen LogP contribution in [-0.4, -0.2) is 54.0 Å². The van der Waals surface area contributed by atoms with Gasteiger partial charge in [-0.2, -0.15) is 0 Å². The number of ether oxygens (including phenoxy) is 2. The predicted molar refractivity (Wildman–Crippen MR) is 127 cm³/mol. The molecule has 0 N–H and O–H groups in total. The Morgan fingerprint density at radius 3 is 1.45 bits per heavy atom. The van der Waals surface area contributed by atoms with Crippen molar-refractivity contribution in [3.8, 4) is 11.5 Å². The summed E-state index contributed by atoms with van der Waals surface area (Å²) in [6.45, 7) is 0. The molecule has 0 fully saturated rings. The van der Waals surface area contributed by atoms with Crippen LogP contribution in [0.25, 0.3) is 12.2 Å². The van der Waals surface area contributed by atoms with Crippen LogP contribution in [-0.2, 0) is 9.59 Å². The van der Waals surface area contributed by atoms with Crippen LogP contribution in [0.2, 0.25) is 0 Å². The van der Waals surface area contributed by atoms with Gasteiger partial charge >= 0.3 is 0 Å². The topological polar surface area (TPSA) is 59.1 Å². The Bertz CT molecular complexity index is 912. The molecule has 0 aliphatic carbocycles. The molecule has 0 aliphatic rings. The molecule has 2 rings (SSSR count).